The normalized spacial score (nSPS) is 16.3. The summed E-state index contributed by atoms with van der Waals surface area (Å²) in [5, 5.41) is 17.8. The molecule has 24 heavy (non-hydrogen) atoms. The molecule has 1 aliphatic carbocycles. The molecule has 0 bridgehead atoms. The summed E-state index contributed by atoms with van der Waals surface area (Å²) >= 11 is 0. The van der Waals surface area contributed by atoms with Gasteiger partial charge in [0, 0.05) is 17.8 Å². The topological polar surface area (TPSA) is 67.2 Å². The summed E-state index contributed by atoms with van der Waals surface area (Å²) < 4.78 is 1.97. The molecule has 0 unspecified atom stereocenters. The molecule has 1 amide bonds. The summed E-state index contributed by atoms with van der Waals surface area (Å²) in [4.78, 5) is 12.3. The molecule has 2 aromatic rings. The van der Waals surface area contributed by atoms with E-state index >= 15 is 0 Å². The van der Waals surface area contributed by atoms with Crippen LogP contribution in [-0.2, 0) is 17.9 Å². The van der Waals surface area contributed by atoms with Crippen molar-refractivity contribution in [3.05, 3.63) is 52.8 Å². The largest absolute Gasteiger partial charge is 0.380 e. The van der Waals surface area contributed by atoms with Crippen LogP contribution in [0.2, 0.25) is 0 Å². The molecule has 1 aliphatic rings. The first-order chi connectivity index (χ1) is 11.5. The lowest BCUT2D eigenvalue weighted by molar-refractivity contribution is -0.139. The van der Waals surface area contributed by atoms with Crippen LogP contribution < -0.4 is 5.32 Å². The first kappa shape index (κ1) is 16.7. The minimum Gasteiger partial charge on any atom is -0.380 e. The highest BCUT2D eigenvalue weighted by molar-refractivity contribution is 5.85. The number of carbonyl (C=O) groups is 1. The molecule has 0 spiro atoms. The van der Waals surface area contributed by atoms with Gasteiger partial charge < -0.3 is 10.4 Å². The molecule has 5 heteroatoms. The van der Waals surface area contributed by atoms with Crippen LogP contribution >= 0.6 is 0 Å². The Labute approximate surface area is 142 Å². The summed E-state index contributed by atoms with van der Waals surface area (Å²) in [6, 6.07) is 10.2. The molecule has 1 aromatic heterocycles. The van der Waals surface area contributed by atoms with Crippen molar-refractivity contribution in [3.63, 3.8) is 0 Å². The molecule has 5 nitrogen and oxygen atoms in total. The van der Waals surface area contributed by atoms with Gasteiger partial charge >= 0.3 is 0 Å². The van der Waals surface area contributed by atoms with Crippen molar-refractivity contribution in [2.75, 3.05) is 0 Å². The van der Waals surface area contributed by atoms with Gasteiger partial charge in [-0.2, -0.15) is 5.10 Å². The maximum Gasteiger partial charge on any atom is 0.252 e. The summed E-state index contributed by atoms with van der Waals surface area (Å²) in [6.07, 6.45) is 2.95. The maximum absolute atomic E-state index is 12.3. The van der Waals surface area contributed by atoms with Crippen molar-refractivity contribution in [1.82, 2.24) is 15.1 Å². The van der Waals surface area contributed by atoms with Crippen molar-refractivity contribution in [3.8, 4) is 0 Å². The van der Waals surface area contributed by atoms with E-state index in [0.29, 0.717) is 25.9 Å². The zero-order chi connectivity index (χ0) is 17.2. The average molecular weight is 327 g/mol. The lowest BCUT2D eigenvalue weighted by atomic mass is 10.0. The van der Waals surface area contributed by atoms with Gasteiger partial charge in [-0.3, -0.25) is 9.48 Å². The van der Waals surface area contributed by atoms with Gasteiger partial charge in [0.25, 0.3) is 5.91 Å². The predicted octanol–water partition coefficient (Wildman–Crippen LogP) is 2.47. The quantitative estimate of drug-likeness (QED) is 0.886. The van der Waals surface area contributed by atoms with Crippen molar-refractivity contribution < 1.29 is 9.90 Å². The van der Waals surface area contributed by atoms with Gasteiger partial charge in [-0.15, -0.1) is 0 Å². The third-order valence-electron chi connectivity index (χ3n) is 4.99. The number of aromatic nitrogens is 2. The number of aliphatic hydroxyl groups is 1. The minimum absolute atomic E-state index is 0.255. The number of amides is 1. The SMILES string of the molecule is Cc1nn(Cc2ccccc2)c(C)c1CNC(=O)C1(O)CCCC1. The Hall–Kier alpha value is -2.14. The fraction of sp³-hybridized carbons (Fsp3) is 0.474. The van der Waals surface area contributed by atoms with Gasteiger partial charge in [0.15, 0.2) is 0 Å². The molecule has 1 saturated carbocycles. The molecule has 1 aromatic carbocycles. The Morgan fingerprint density at radius 1 is 1.25 bits per heavy atom. The van der Waals surface area contributed by atoms with E-state index in [9.17, 15) is 9.90 Å². The lowest BCUT2D eigenvalue weighted by Gasteiger charge is -2.21. The molecule has 2 N–H and O–H groups in total. The van der Waals surface area contributed by atoms with E-state index < -0.39 is 5.60 Å². The highest BCUT2D eigenvalue weighted by Gasteiger charge is 2.38. The summed E-state index contributed by atoms with van der Waals surface area (Å²) in [5.41, 5.74) is 3.01. The number of aryl methyl sites for hydroxylation is 1. The Kier molecular flexibility index (Phi) is 4.71. The van der Waals surface area contributed by atoms with Gasteiger partial charge in [0.2, 0.25) is 0 Å². The molecule has 0 radical (unpaired) electrons. The molecule has 0 saturated heterocycles. The Morgan fingerprint density at radius 3 is 2.58 bits per heavy atom. The van der Waals surface area contributed by atoms with Gasteiger partial charge in [-0.05, 0) is 45.1 Å². The number of rotatable bonds is 5. The standard InChI is InChI=1S/C19H25N3O2/c1-14-17(12-20-18(23)19(24)10-6-7-11-19)15(2)22(21-14)13-16-8-4-3-5-9-16/h3-5,8-9,24H,6-7,10-13H2,1-2H3,(H,20,23). The van der Waals surface area contributed by atoms with E-state index in [-0.39, 0.29) is 5.91 Å². The maximum atomic E-state index is 12.3. The minimum atomic E-state index is -1.18. The molecular formula is C19H25N3O2. The van der Waals surface area contributed by atoms with Crippen molar-refractivity contribution in [2.24, 2.45) is 0 Å². The molecule has 0 aliphatic heterocycles. The van der Waals surface area contributed by atoms with E-state index in [0.717, 1.165) is 29.8 Å². The second kappa shape index (κ2) is 6.77. The van der Waals surface area contributed by atoms with Crippen molar-refractivity contribution in [2.45, 2.75) is 58.2 Å². The van der Waals surface area contributed by atoms with E-state index in [1.807, 2.05) is 36.7 Å². The smallest absolute Gasteiger partial charge is 0.252 e. The van der Waals surface area contributed by atoms with E-state index in [1.165, 1.54) is 5.56 Å². The van der Waals surface area contributed by atoms with Crippen LogP contribution in [0.3, 0.4) is 0 Å². The monoisotopic (exact) mass is 327 g/mol. The lowest BCUT2D eigenvalue weighted by Crippen LogP contribution is -2.44. The third kappa shape index (κ3) is 3.36. The number of nitrogens with one attached hydrogen (secondary N) is 1. The van der Waals surface area contributed by atoms with Gasteiger partial charge in [0.1, 0.15) is 5.60 Å². The Balaban J connectivity index is 1.69. The summed E-state index contributed by atoms with van der Waals surface area (Å²) in [6.45, 7) is 5.11. The highest BCUT2D eigenvalue weighted by atomic mass is 16.3. The number of benzene rings is 1. The van der Waals surface area contributed by atoms with Crippen LogP contribution in [0, 0.1) is 13.8 Å². The summed E-state index contributed by atoms with van der Waals surface area (Å²) in [7, 11) is 0. The molecular weight excluding hydrogens is 302 g/mol. The van der Waals surface area contributed by atoms with Crippen LogP contribution in [-0.4, -0.2) is 26.4 Å². The number of carbonyl (C=O) groups excluding carboxylic acids is 1. The average Bonchev–Trinajstić information content (AvgIpc) is 3.12. The fourth-order valence-corrected chi connectivity index (χ4v) is 3.42. The molecule has 0 atom stereocenters. The second-order valence-electron chi connectivity index (χ2n) is 6.71. The second-order valence-corrected chi connectivity index (χ2v) is 6.71. The number of hydrogen-bond acceptors (Lipinski definition) is 3. The molecule has 1 fully saturated rings. The number of hydrogen-bond donors (Lipinski definition) is 2. The summed E-state index contributed by atoms with van der Waals surface area (Å²) in [5.74, 6) is -0.255. The first-order valence-electron chi connectivity index (χ1n) is 8.57. The van der Waals surface area contributed by atoms with E-state index in [1.54, 1.807) is 0 Å². The fourth-order valence-electron chi connectivity index (χ4n) is 3.42. The Morgan fingerprint density at radius 2 is 1.92 bits per heavy atom. The van der Waals surface area contributed by atoms with Gasteiger partial charge in [-0.1, -0.05) is 30.3 Å². The van der Waals surface area contributed by atoms with Crippen LogP contribution in [0.25, 0.3) is 0 Å². The van der Waals surface area contributed by atoms with Crippen LogP contribution in [0.15, 0.2) is 30.3 Å². The van der Waals surface area contributed by atoms with Gasteiger partial charge in [-0.25, -0.2) is 0 Å². The van der Waals surface area contributed by atoms with E-state index in [2.05, 4.69) is 22.5 Å². The highest BCUT2D eigenvalue weighted by Crippen LogP contribution is 2.29. The first-order valence-corrected chi connectivity index (χ1v) is 8.57. The van der Waals surface area contributed by atoms with Crippen molar-refractivity contribution in [1.29, 1.82) is 0 Å². The van der Waals surface area contributed by atoms with Crippen LogP contribution in [0.4, 0.5) is 0 Å². The zero-order valence-corrected chi connectivity index (χ0v) is 14.4. The third-order valence-corrected chi connectivity index (χ3v) is 4.99. The molecule has 3 rings (SSSR count). The van der Waals surface area contributed by atoms with Crippen molar-refractivity contribution >= 4 is 5.91 Å². The van der Waals surface area contributed by atoms with E-state index in [4.69, 9.17) is 0 Å². The molecule has 1 heterocycles. The Bertz CT molecular complexity index is 716. The predicted molar refractivity (Wildman–Crippen MR) is 92.5 cm³/mol. The zero-order valence-electron chi connectivity index (χ0n) is 14.4. The van der Waals surface area contributed by atoms with Crippen LogP contribution in [0.1, 0.15) is 48.2 Å². The molecule has 128 valence electrons. The van der Waals surface area contributed by atoms with Crippen LogP contribution in [0.5, 0.6) is 0 Å². The number of nitrogens with zero attached hydrogens (tertiary/aromatic N) is 2. The van der Waals surface area contributed by atoms with Gasteiger partial charge in [0.05, 0.1) is 12.2 Å².